The molecular weight excluding hydrogens is 228 g/mol. The Bertz CT molecular complexity index is 532. The zero-order valence-electron chi connectivity index (χ0n) is 10.6. The van der Waals surface area contributed by atoms with Crippen LogP contribution in [-0.2, 0) is 11.3 Å². The Morgan fingerprint density at radius 2 is 2.00 bits per heavy atom. The van der Waals surface area contributed by atoms with Crippen molar-refractivity contribution in [1.82, 2.24) is 9.78 Å². The van der Waals surface area contributed by atoms with Gasteiger partial charge in [0, 0.05) is 12.1 Å². The Hall–Kier alpha value is -2.10. The van der Waals surface area contributed by atoms with E-state index in [1.54, 1.807) is 13.1 Å². The Morgan fingerprint density at radius 3 is 2.61 bits per heavy atom. The average molecular weight is 244 g/mol. The van der Waals surface area contributed by atoms with Gasteiger partial charge in [0.05, 0.1) is 18.5 Å². The molecule has 94 valence electrons. The molecule has 18 heavy (non-hydrogen) atoms. The molecule has 1 heterocycles. The number of carbonyl (C=O) groups excluding carboxylic acids is 1. The molecule has 0 aliphatic carbocycles. The van der Waals surface area contributed by atoms with E-state index in [0.29, 0.717) is 18.7 Å². The van der Waals surface area contributed by atoms with Crippen molar-refractivity contribution in [3.8, 4) is 11.3 Å². The molecule has 0 aliphatic heterocycles. The molecule has 4 heteroatoms. The van der Waals surface area contributed by atoms with E-state index >= 15 is 0 Å². The van der Waals surface area contributed by atoms with Crippen LogP contribution in [0.25, 0.3) is 11.3 Å². The Kier molecular flexibility index (Phi) is 3.77. The average Bonchev–Trinajstić information content (AvgIpc) is 2.83. The van der Waals surface area contributed by atoms with Crippen molar-refractivity contribution in [3.63, 3.8) is 0 Å². The first-order valence-electron chi connectivity index (χ1n) is 6.06. The van der Waals surface area contributed by atoms with Gasteiger partial charge in [-0.25, -0.2) is 4.79 Å². The quantitative estimate of drug-likeness (QED) is 0.777. The highest BCUT2D eigenvalue weighted by molar-refractivity contribution is 5.96. The smallest absolute Gasteiger partial charge is 0.341 e. The van der Waals surface area contributed by atoms with Crippen molar-refractivity contribution in [2.75, 3.05) is 6.61 Å². The molecule has 0 saturated heterocycles. The van der Waals surface area contributed by atoms with Gasteiger partial charge in [-0.3, -0.25) is 4.68 Å². The van der Waals surface area contributed by atoms with E-state index in [1.165, 1.54) is 0 Å². The molecule has 0 amide bonds. The molecule has 2 rings (SSSR count). The number of hydrogen-bond donors (Lipinski definition) is 0. The van der Waals surface area contributed by atoms with Crippen LogP contribution in [0, 0.1) is 0 Å². The van der Waals surface area contributed by atoms with Crippen LogP contribution in [0.3, 0.4) is 0 Å². The molecule has 0 aliphatic rings. The van der Waals surface area contributed by atoms with Gasteiger partial charge in [-0.15, -0.1) is 0 Å². The summed E-state index contributed by atoms with van der Waals surface area (Å²) in [5, 5.41) is 4.23. The van der Waals surface area contributed by atoms with Gasteiger partial charge in [0.25, 0.3) is 0 Å². The number of ether oxygens (including phenoxy) is 1. The number of esters is 1. The first-order valence-corrected chi connectivity index (χ1v) is 6.06. The summed E-state index contributed by atoms with van der Waals surface area (Å²) in [6.07, 6.45) is 1.57. The minimum atomic E-state index is -0.323. The van der Waals surface area contributed by atoms with Crippen LogP contribution in [0.1, 0.15) is 24.2 Å². The maximum Gasteiger partial charge on any atom is 0.341 e. The third-order valence-electron chi connectivity index (χ3n) is 2.68. The molecule has 2 aromatic rings. The van der Waals surface area contributed by atoms with Crippen LogP contribution in [-0.4, -0.2) is 22.4 Å². The lowest BCUT2D eigenvalue weighted by Crippen LogP contribution is -2.07. The molecule has 0 saturated carbocycles. The van der Waals surface area contributed by atoms with Gasteiger partial charge in [0.15, 0.2) is 0 Å². The third kappa shape index (κ3) is 2.27. The number of aromatic nitrogens is 2. The molecule has 0 atom stereocenters. The summed E-state index contributed by atoms with van der Waals surface area (Å²) >= 11 is 0. The van der Waals surface area contributed by atoms with Gasteiger partial charge in [0.2, 0.25) is 0 Å². The Labute approximate surface area is 106 Å². The first-order chi connectivity index (χ1) is 8.77. The van der Waals surface area contributed by atoms with Gasteiger partial charge in [0.1, 0.15) is 5.56 Å². The summed E-state index contributed by atoms with van der Waals surface area (Å²) in [5.74, 6) is -0.323. The third-order valence-corrected chi connectivity index (χ3v) is 2.68. The van der Waals surface area contributed by atoms with E-state index in [2.05, 4.69) is 5.10 Å². The molecule has 0 fully saturated rings. The van der Waals surface area contributed by atoms with Gasteiger partial charge in [-0.2, -0.15) is 5.10 Å². The number of nitrogens with zero attached hydrogens (tertiary/aromatic N) is 2. The van der Waals surface area contributed by atoms with Gasteiger partial charge in [-0.05, 0) is 13.8 Å². The van der Waals surface area contributed by atoms with Crippen molar-refractivity contribution in [3.05, 3.63) is 42.1 Å². The normalized spacial score (nSPS) is 10.3. The lowest BCUT2D eigenvalue weighted by Gasteiger charge is -2.07. The lowest BCUT2D eigenvalue weighted by molar-refractivity contribution is 0.0527. The summed E-state index contributed by atoms with van der Waals surface area (Å²) in [6, 6.07) is 9.76. The fraction of sp³-hybridized carbons (Fsp3) is 0.286. The van der Waals surface area contributed by atoms with E-state index in [4.69, 9.17) is 4.74 Å². The molecule has 0 N–H and O–H groups in total. The maximum absolute atomic E-state index is 11.9. The van der Waals surface area contributed by atoms with Crippen molar-refractivity contribution in [1.29, 1.82) is 0 Å². The lowest BCUT2D eigenvalue weighted by atomic mass is 10.1. The van der Waals surface area contributed by atoms with Crippen molar-refractivity contribution in [2.24, 2.45) is 0 Å². The van der Waals surface area contributed by atoms with E-state index in [9.17, 15) is 4.79 Å². The highest BCUT2D eigenvalue weighted by Gasteiger charge is 2.18. The summed E-state index contributed by atoms with van der Waals surface area (Å²) in [4.78, 5) is 11.9. The molecule has 4 nitrogen and oxygen atoms in total. The molecule has 1 aromatic carbocycles. The fourth-order valence-corrected chi connectivity index (χ4v) is 1.88. The molecule has 1 aromatic heterocycles. The SMILES string of the molecule is CCOC(=O)c1cnn(CC)c1-c1ccccc1. The zero-order chi connectivity index (χ0) is 13.0. The molecule has 0 unspecified atom stereocenters. The summed E-state index contributed by atoms with van der Waals surface area (Å²) in [5.41, 5.74) is 2.31. The van der Waals surface area contributed by atoms with Crippen LogP contribution >= 0.6 is 0 Å². The Balaban J connectivity index is 2.50. The molecule has 0 bridgehead atoms. The largest absolute Gasteiger partial charge is 0.462 e. The number of rotatable bonds is 4. The van der Waals surface area contributed by atoms with Crippen molar-refractivity contribution in [2.45, 2.75) is 20.4 Å². The van der Waals surface area contributed by atoms with Gasteiger partial charge in [-0.1, -0.05) is 30.3 Å². The number of carbonyl (C=O) groups is 1. The summed E-state index contributed by atoms with van der Waals surface area (Å²) < 4.78 is 6.86. The van der Waals surface area contributed by atoms with Crippen molar-refractivity contribution < 1.29 is 9.53 Å². The monoisotopic (exact) mass is 244 g/mol. The van der Waals surface area contributed by atoms with Gasteiger partial charge >= 0.3 is 5.97 Å². The molecule has 0 radical (unpaired) electrons. The highest BCUT2D eigenvalue weighted by atomic mass is 16.5. The van der Waals surface area contributed by atoms with Crippen LogP contribution in [0.5, 0.6) is 0 Å². The fourth-order valence-electron chi connectivity index (χ4n) is 1.88. The predicted octanol–water partition coefficient (Wildman–Crippen LogP) is 2.75. The van der Waals surface area contributed by atoms with E-state index in [1.807, 2.05) is 41.9 Å². The summed E-state index contributed by atoms with van der Waals surface area (Å²) in [6.45, 7) is 4.87. The number of benzene rings is 1. The van der Waals surface area contributed by atoms with Crippen LogP contribution < -0.4 is 0 Å². The van der Waals surface area contributed by atoms with E-state index in [-0.39, 0.29) is 5.97 Å². The van der Waals surface area contributed by atoms with E-state index < -0.39 is 0 Å². The Morgan fingerprint density at radius 1 is 1.28 bits per heavy atom. The number of hydrogen-bond acceptors (Lipinski definition) is 3. The van der Waals surface area contributed by atoms with Crippen molar-refractivity contribution >= 4 is 5.97 Å². The molecular formula is C14H16N2O2. The topological polar surface area (TPSA) is 44.1 Å². The van der Waals surface area contributed by atoms with Crippen LogP contribution in [0.4, 0.5) is 0 Å². The molecule has 0 spiro atoms. The minimum Gasteiger partial charge on any atom is -0.462 e. The maximum atomic E-state index is 11.9. The summed E-state index contributed by atoms with van der Waals surface area (Å²) in [7, 11) is 0. The standard InChI is InChI=1S/C14H16N2O2/c1-3-16-13(11-8-6-5-7-9-11)12(10-15-16)14(17)18-4-2/h5-10H,3-4H2,1-2H3. The second-order valence-electron chi connectivity index (χ2n) is 3.81. The predicted molar refractivity (Wildman–Crippen MR) is 69.3 cm³/mol. The first kappa shape index (κ1) is 12.4. The highest BCUT2D eigenvalue weighted by Crippen LogP contribution is 2.24. The minimum absolute atomic E-state index is 0.323. The van der Waals surface area contributed by atoms with Crippen LogP contribution in [0.2, 0.25) is 0 Å². The van der Waals surface area contributed by atoms with E-state index in [0.717, 1.165) is 11.3 Å². The second kappa shape index (κ2) is 5.49. The second-order valence-corrected chi connectivity index (χ2v) is 3.81. The van der Waals surface area contributed by atoms with Gasteiger partial charge < -0.3 is 4.74 Å². The number of aryl methyl sites for hydroxylation is 1. The zero-order valence-corrected chi connectivity index (χ0v) is 10.6. The van der Waals surface area contributed by atoms with Crippen LogP contribution in [0.15, 0.2) is 36.5 Å².